The predicted octanol–water partition coefficient (Wildman–Crippen LogP) is 5.01. The Morgan fingerprint density at radius 3 is 2.52 bits per heavy atom. The molecule has 0 saturated carbocycles. The largest absolute Gasteiger partial charge is 0.278 e. The van der Waals surface area contributed by atoms with Crippen molar-refractivity contribution in [2.75, 3.05) is 0 Å². The quantitative estimate of drug-likeness (QED) is 0.674. The van der Waals surface area contributed by atoms with Crippen molar-refractivity contribution in [2.24, 2.45) is 0 Å². The van der Waals surface area contributed by atoms with E-state index in [1.807, 2.05) is 45.0 Å². The van der Waals surface area contributed by atoms with Crippen LogP contribution in [0.3, 0.4) is 0 Å². The molecule has 0 atom stereocenters. The maximum Gasteiger partial charge on any atom is 0.278 e. The molecule has 0 aliphatic rings. The van der Waals surface area contributed by atoms with E-state index in [0.29, 0.717) is 5.56 Å². The molecule has 0 aliphatic carbocycles. The second-order valence-corrected chi connectivity index (χ2v) is 6.40. The smallest absolute Gasteiger partial charge is 0.267 e. The standard InChI is InChI=1S/C20H28N2O/c1-5-6-7-8-9-13-19-16(3)21-22(17(19)4)20(23)18-12-10-11-15(2)14-18/h10-12,14H,5-9,13H2,1-4H3. The van der Waals surface area contributed by atoms with Gasteiger partial charge >= 0.3 is 0 Å². The van der Waals surface area contributed by atoms with Gasteiger partial charge in [-0.15, -0.1) is 0 Å². The van der Waals surface area contributed by atoms with Crippen LogP contribution < -0.4 is 0 Å². The Labute approximate surface area is 139 Å². The summed E-state index contributed by atoms with van der Waals surface area (Å²) in [7, 11) is 0. The molecule has 23 heavy (non-hydrogen) atoms. The third-order valence-corrected chi connectivity index (χ3v) is 4.43. The molecule has 2 aromatic rings. The van der Waals surface area contributed by atoms with Gasteiger partial charge in [0, 0.05) is 11.3 Å². The Kier molecular flexibility index (Phi) is 6.14. The van der Waals surface area contributed by atoms with Crippen LogP contribution >= 0.6 is 0 Å². The van der Waals surface area contributed by atoms with Gasteiger partial charge in [0.2, 0.25) is 0 Å². The minimum absolute atomic E-state index is 0.0356. The fraction of sp³-hybridized carbons (Fsp3) is 0.500. The third-order valence-electron chi connectivity index (χ3n) is 4.43. The van der Waals surface area contributed by atoms with E-state index in [4.69, 9.17) is 0 Å². The van der Waals surface area contributed by atoms with E-state index in [9.17, 15) is 4.79 Å². The van der Waals surface area contributed by atoms with Crippen LogP contribution in [0.15, 0.2) is 24.3 Å². The number of carbonyl (C=O) groups excluding carboxylic acids is 1. The SMILES string of the molecule is CCCCCCCc1c(C)nn(C(=O)c2cccc(C)c2)c1C. The van der Waals surface area contributed by atoms with E-state index in [1.54, 1.807) is 4.68 Å². The highest BCUT2D eigenvalue weighted by atomic mass is 16.2. The van der Waals surface area contributed by atoms with E-state index >= 15 is 0 Å². The van der Waals surface area contributed by atoms with Gasteiger partial charge in [0.05, 0.1) is 5.69 Å². The van der Waals surface area contributed by atoms with Gasteiger partial charge in [-0.05, 0) is 51.3 Å². The number of hydrogen-bond acceptors (Lipinski definition) is 2. The summed E-state index contributed by atoms with van der Waals surface area (Å²) in [6.45, 7) is 8.25. The summed E-state index contributed by atoms with van der Waals surface area (Å²) in [5, 5.41) is 4.50. The van der Waals surface area contributed by atoms with Gasteiger partial charge in [0.1, 0.15) is 0 Å². The van der Waals surface area contributed by atoms with Crippen LogP contribution in [0.2, 0.25) is 0 Å². The zero-order valence-electron chi connectivity index (χ0n) is 14.9. The van der Waals surface area contributed by atoms with Crippen LogP contribution in [-0.2, 0) is 6.42 Å². The highest BCUT2D eigenvalue weighted by Crippen LogP contribution is 2.18. The van der Waals surface area contributed by atoms with Crippen molar-refractivity contribution < 1.29 is 4.79 Å². The van der Waals surface area contributed by atoms with Crippen molar-refractivity contribution in [3.63, 3.8) is 0 Å². The summed E-state index contributed by atoms with van der Waals surface area (Å²) in [6, 6.07) is 7.70. The number of benzene rings is 1. The van der Waals surface area contributed by atoms with Crippen LogP contribution in [0.5, 0.6) is 0 Å². The van der Waals surface area contributed by atoms with E-state index in [-0.39, 0.29) is 5.91 Å². The van der Waals surface area contributed by atoms with E-state index in [0.717, 1.165) is 23.4 Å². The summed E-state index contributed by atoms with van der Waals surface area (Å²) in [5.74, 6) is -0.0356. The lowest BCUT2D eigenvalue weighted by molar-refractivity contribution is 0.0942. The zero-order valence-corrected chi connectivity index (χ0v) is 14.9. The predicted molar refractivity (Wildman–Crippen MR) is 95.1 cm³/mol. The molecule has 3 heteroatoms. The van der Waals surface area contributed by atoms with Crippen LogP contribution in [0.4, 0.5) is 0 Å². The van der Waals surface area contributed by atoms with E-state index in [2.05, 4.69) is 12.0 Å². The van der Waals surface area contributed by atoms with Crippen molar-refractivity contribution in [3.8, 4) is 0 Å². The highest BCUT2D eigenvalue weighted by Gasteiger charge is 2.17. The lowest BCUT2D eigenvalue weighted by Gasteiger charge is -2.05. The first-order valence-corrected chi connectivity index (χ1v) is 8.71. The maximum atomic E-state index is 12.7. The second-order valence-electron chi connectivity index (χ2n) is 6.40. The number of carbonyl (C=O) groups is 1. The number of hydrogen-bond donors (Lipinski definition) is 0. The average molecular weight is 312 g/mol. The van der Waals surface area contributed by atoms with Gasteiger partial charge in [-0.3, -0.25) is 4.79 Å². The second kappa shape index (κ2) is 8.09. The summed E-state index contributed by atoms with van der Waals surface area (Å²) in [5.41, 5.74) is 5.00. The molecule has 1 heterocycles. The average Bonchev–Trinajstić information content (AvgIpc) is 2.81. The molecule has 0 bridgehead atoms. The molecule has 0 unspecified atom stereocenters. The van der Waals surface area contributed by atoms with Gasteiger partial charge in [0.25, 0.3) is 5.91 Å². The van der Waals surface area contributed by atoms with Crippen molar-refractivity contribution in [1.82, 2.24) is 9.78 Å². The molecule has 124 valence electrons. The van der Waals surface area contributed by atoms with Gasteiger partial charge in [-0.2, -0.15) is 5.10 Å². The Morgan fingerprint density at radius 2 is 1.83 bits per heavy atom. The lowest BCUT2D eigenvalue weighted by Crippen LogP contribution is -2.15. The summed E-state index contributed by atoms with van der Waals surface area (Å²) in [6.07, 6.45) is 7.31. The monoisotopic (exact) mass is 312 g/mol. The van der Waals surface area contributed by atoms with Crippen molar-refractivity contribution in [1.29, 1.82) is 0 Å². The molecule has 0 N–H and O–H groups in total. The zero-order chi connectivity index (χ0) is 16.8. The minimum Gasteiger partial charge on any atom is -0.267 e. The van der Waals surface area contributed by atoms with Crippen LogP contribution in [-0.4, -0.2) is 15.7 Å². The fourth-order valence-electron chi connectivity index (χ4n) is 3.04. The van der Waals surface area contributed by atoms with Crippen molar-refractivity contribution >= 4 is 5.91 Å². The molecule has 1 aromatic heterocycles. The Balaban J connectivity index is 2.12. The molecule has 0 aliphatic heterocycles. The molecule has 0 spiro atoms. The molecule has 0 radical (unpaired) electrons. The Hall–Kier alpha value is -1.90. The number of unbranched alkanes of at least 4 members (excludes halogenated alkanes) is 4. The summed E-state index contributed by atoms with van der Waals surface area (Å²) in [4.78, 5) is 12.7. The normalized spacial score (nSPS) is 11.0. The number of rotatable bonds is 7. The maximum absolute atomic E-state index is 12.7. The lowest BCUT2D eigenvalue weighted by atomic mass is 10.0. The summed E-state index contributed by atoms with van der Waals surface area (Å²) >= 11 is 0. The van der Waals surface area contributed by atoms with Crippen LogP contribution in [0.25, 0.3) is 0 Å². The molecule has 1 aromatic carbocycles. The van der Waals surface area contributed by atoms with Gasteiger partial charge in [0.15, 0.2) is 0 Å². The third kappa shape index (κ3) is 4.31. The molecule has 0 saturated heterocycles. The van der Waals surface area contributed by atoms with Crippen LogP contribution in [0, 0.1) is 20.8 Å². The van der Waals surface area contributed by atoms with Crippen LogP contribution in [0.1, 0.15) is 71.9 Å². The first-order valence-electron chi connectivity index (χ1n) is 8.71. The molecule has 2 rings (SSSR count). The number of nitrogens with zero attached hydrogens (tertiary/aromatic N) is 2. The highest BCUT2D eigenvalue weighted by molar-refractivity contribution is 5.96. The Morgan fingerprint density at radius 1 is 1.09 bits per heavy atom. The Bertz CT molecular complexity index is 670. The number of aromatic nitrogens is 2. The fourth-order valence-corrected chi connectivity index (χ4v) is 3.04. The minimum atomic E-state index is -0.0356. The topological polar surface area (TPSA) is 34.9 Å². The van der Waals surface area contributed by atoms with Gasteiger partial charge < -0.3 is 0 Å². The molecule has 3 nitrogen and oxygen atoms in total. The van der Waals surface area contributed by atoms with Gasteiger partial charge in [-0.1, -0.05) is 50.3 Å². The molecule has 0 fully saturated rings. The van der Waals surface area contributed by atoms with Crippen molar-refractivity contribution in [3.05, 3.63) is 52.3 Å². The first-order chi connectivity index (χ1) is 11.0. The summed E-state index contributed by atoms with van der Waals surface area (Å²) < 4.78 is 1.57. The van der Waals surface area contributed by atoms with E-state index in [1.165, 1.54) is 37.7 Å². The molecular formula is C20H28N2O. The first kappa shape index (κ1) is 17.5. The number of aryl methyl sites for hydroxylation is 2. The molecule has 0 amide bonds. The van der Waals surface area contributed by atoms with E-state index < -0.39 is 0 Å². The van der Waals surface area contributed by atoms with Gasteiger partial charge in [-0.25, -0.2) is 4.68 Å². The molecular weight excluding hydrogens is 284 g/mol. The van der Waals surface area contributed by atoms with Crippen molar-refractivity contribution in [2.45, 2.75) is 66.2 Å².